The van der Waals surface area contributed by atoms with Crippen LogP contribution in [0.25, 0.3) is 11.0 Å². The number of halogens is 3. The van der Waals surface area contributed by atoms with E-state index in [4.69, 9.17) is 0 Å². The summed E-state index contributed by atoms with van der Waals surface area (Å²) in [4.78, 5) is 21.7. The van der Waals surface area contributed by atoms with E-state index in [1.165, 1.54) is 11.1 Å². The van der Waals surface area contributed by atoms with E-state index in [2.05, 4.69) is 9.97 Å². The van der Waals surface area contributed by atoms with E-state index in [1.54, 1.807) is 24.3 Å². The summed E-state index contributed by atoms with van der Waals surface area (Å²) in [6.07, 6.45) is 1.35. The molecule has 2 heterocycles. The topological polar surface area (TPSA) is 83.5 Å². The van der Waals surface area contributed by atoms with Crippen molar-refractivity contribution in [2.45, 2.75) is 4.90 Å². The van der Waals surface area contributed by atoms with Gasteiger partial charge in [-0.15, -0.1) is 0 Å². The molecule has 1 amide bonds. The number of aromatic nitrogens is 2. The van der Waals surface area contributed by atoms with Crippen molar-refractivity contribution in [2.24, 2.45) is 0 Å². The second-order valence-electron chi connectivity index (χ2n) is 6.61. The molecule has 156 valence electrons. The molecule has 2 aromatic carbocycles. The van der Waals surface area contributed by atoms with Crippen LogP contribution in [0.3, 0.4) is 0 Å². The number of piperazine rings is 1. The molecule has 11 heteroatoms. The van der Waals surface area contributed by atoms with Crippen LogP contribution in [0.5, 0.6) is 0 Å². The van der Waals surface area contributed by atoms with Crippen molar-refractivity contribution in [3.8, 4) is 0 Å². The molecular weight excluding hydrogens is 421 g/mol. The van der Waals surface area contributed by atoms with Crippen LogP contribution >= 0.6 is 0 Å². The third kappa shape index (κ3) is 3.50. The Labute approximate surface area is 169 Å². The van der Waals surface area contributed by atoms with Gasteiger partial charge < -0.3 is 4.90 Å². The molecule has 0 bridgehead atoms. The Bertz CT molecular complexity index is 1250. The van der Waals surface area contributed by atoms with E-state index >= 15 is 0 Å². The Morgan fingerprint density at radius 2 is 1.57 bits per heavy atom. The number of para-hydroxylation sites is 2. The third-order valence-corrected chi connectivity index (χ3v) is 6.73. The molecule has 1 aromatic heterocycles. The van der Waals surface area contributed by atoms with Crippen molar-refractivity contribution in [3.63, 3.8) is 0 Å². The van der Waals surface area contributed by atoms with Crippen molar-refractivity contribution in [1.29, 1.82) is 0 Å². The lowest BCUT2D eigenvalue weighted by Gasteiger charge is -2.33. The van der Waals surface area contributed by atoms with Gasteiger partial charge in [0.15, 0.2) is 17.5 Å². The van der Waals surface area contributed by atoms with Crippen LogP contribution in [0.15, 0.2) is 47.5 Å². The minimum absolute atomic E-state index is 0.0257. The summed E-state index contributed by atoms with van der Waals surface area (Å²) in [5.41, 5.74) is 1.31. The predicted octanol–water partition coefficient (Wildman–Crippen LogP) is 2.19. The standard InChI is InChI=1S/C19H15F3N4O3S/c20-12-5-6-16(18(22)17(12)21)30(28,29)26-9-7-25(8-10-26)19(27)15-11-23-13-3-1-2-4-14(13)24-15/h1-6,11H,7-10H2. The Balaban J connectivity index is 1.50. The summed E-state index contributed by atoms with van der Waals surface area (Å²) in [6.45, 7) is -0.212. The molecule has 1 saturated heterocycles. The molecule has 1 aliphatic heterocycles. The summed E-state index contributed by atoms with van der Waals surface area (Å²) >= 11 is 0. The molecule has 3 aromatic rings. The van der Waals surface area contributed by atoms with Crippen molar-refractivity contribution >= 4 is 27.0 Å². The van der Waals surface area contributed by atoms with Gasteiger partial charge in [0.05, 0.1) is 17.2 Å². The maximum atomic E-state index is 14.0. The highest BCUT2D eigenvalue weighted by molar-refractivity contribution is 7.89. The smallest absolute Gasteiger partial charge is 0.274 e. The second kappa shape index (κ2) is 7.65. The molecule has 0 N–H and O–H groups in total. The first-order valence-electron chi connectivity index (χ1n) is 8.94. The number of fused-ring (bicyclic) bond motifs is 1. The van der Waals surface area contributed by atoms with Crippen molar-refractivity contribution in [1.82, 2.24) is 19.2 Å². The normalized spacial score (nSPS) is 15.5. The fraction of sp³-hybridized carbons (Fsp3) is 0.211. The predicted molar refractivity (Wildman–Crippen MR) is 101 cm³/mol. The number of benzene rings is 2. The van der Waals surface area contributed by atoms with Gasteiger partial charge in [0, 0.05) is 26.2 Å². The first-order valence-corrected chi connectivity index (χ1v) is 10.4. The highest BCUT2D eigenvalue weighted by atomic mass is 32.2. The van der Waals surface area contributed by atoms with E-state index in [1.807, 2.05) is 0 Å². The maximum Gasteiger partial charge on any atom is 0.274 e. The van der Waals surface area contributed by atoms with Gasteiger partial charge in [-0.25, -0.2) is 26.6 Å². The third-order valence-electron chi connectivity index (χ3n) is 4.81. The van der Waals surface area contributed by atoms with Gasteiger partial charge in [-0.3, -0.25) is 9.78 Å². The SMILES string of the molecule is O=C(c1cnc2ccccc2n1)N1CCN(S(=O)(=O)c2ccc(F)c(F)c2F)CC1. The summed E-state index contributed by atoms with van der Waals surface area (Å²) in [7, 11) is -4.39. The zero-order chi connectivity index (χ0) is 21.5. The minimum atomic E-state index is -4.39. The Morgan fingerprint density at radius 3 is 2.27 bits per heavy atom. The van der Waals surface area contributed by atoms with E-state index < -0.39 is 38.3 Å². The van der Waals surface area contributed by atoms with Crippen molar-refractivity contribution in [3.05, 3.63) is 65.7 Å². The number of carbonyl (C=O) groups is 1. The molecule has 1 fully saturated rings. The Kier molecular flexibility index (Phi) is 5.16. The average Bonchev–Trinajstić information content (AvgIpc) is 2.76. The molecule has 7 nitrogen and oxygen atoms in total. The second-order valence-corrected chi connectivity index (χ2v) is 8.52. The molecule has 1 aliphatic rings. The van der Waals surface area contributed by atoms with Crippen molar-refractivity contribution in [2.75, 3.05) is 26.2 Å². The molecule has 30 heavy (non-hydrogen) atoms. The molecule has 0 atom stereocenters. The van der Waals surface area contributed by atoms with E-state index in [-0.39, 0.29) is 31.9 Å². The number of rotatable bonds is 3. The molecule has 0 aliphatic carbocycles. The Hall–Kier alpha value is -3.05. The lowest BCUT2D eigenvalue weighted by molar-refractivity contribution is 0.0691. The number of nitrogens with zero attached hydrogens (tertiary/aromatic N) is 4. The average molecular weight is 436 g/mol. The van der Waals surface area contributed by atoms with Gasteiger partial charge in [-0.05, 0) is 24.3 Å². The number of hydrogen-bond acceptors (Lipinski definition) is 5. The fourth-order valence-electron chi connectivity index (χ4n) is 3.20. The summed E-state index contributed by atoms with van der Waals surface area (Å²) in [5.74, 6) is -5.50. The maximum absolute atomic E-state index is 14.0. The number of amides is 1. The summed E-state index contributed by atoms with van der Waals surface area (Å²) in [6, 6.07) is 8.30. The van der Waals surface area contributed by atoms with E-state index in [9.17, 15) is 26.4 Å². The first-order chi connectivity index (χ1) is 14.3. The van der Waals surface area contributed by atoms with Gasteiger partial charge in [0.1, 0.15) is 10.6 Å². The number of sulfonamides is 1. The first kappa shape index (κ1) is 20.2. The van der Waals surface area contributed by atoms with Crippen LogP contribution in [0.2, 0.25) is 0 Å². The van der Waals surface area contributed by atoms with Gasteiger partial charge >= 0.3 is 0 Å². The lowest BCUT2D eigenvalue weighted by atomic mass is 10.2. The minimum Gasteiger partial charge on any atom is -0.335 e. The van der Waals surface area contributed by atoms with Gasteiger partial charge in [0.25, 0.3) is 5.91 Å². The Morgan fingerprint density at radius 1 is 0.900 bits per heavy atom. The van der Waals surface area contributed by atoms with Crippen LogP contribution < -0.4 is 0 Å². The summed E-state index contributed by atoms with van der Waals surface area (Å²) < 4.78 is 66.7. The molecule has 0 saturated carbocycles. The largest absolute Gasteiger partial charge is 0.335 e. The van der Waals surface area contributed by atoms with Gasteiger partial charge in [0.2, 0.25) is 10.0 Å². The molecule has 0 radical (unpaired) electrons. The van der Waals surface area contributed by atoms with Crippen LogP contribution in [0, 0.1) is 17.5 Å². The zero-order valence-corrected chi connectivity index (χ0v) is 16.2. The fourth-order valence-corrected chi connectivity index (χ4v) is 4.68. The van der Waals surface area contributed by atoms with Gasteiger partial charge in [-0.1, -0.05) is 12.1 Å². The van der Waals surface area contributed by atoms with Crippen LogP contribution in [-0.2, 0) is 10.0 Å². The highest BCUT2D eigenvalue weighted by Crippen LogP contribution is 2.24. The molecule has 0 unspecified atom stereocenters. The monoisotopic (exact) mass is 436 g/mol. The summed E-state index contributed by atoms with van der Waals surface area (Å²) in [5, 5.41) is 0. The number of hydrogen-bond donors (Lipinski definition) is 0. The quantitative estimate of drug-likeness (QED) is 0.588. The molecular formula is C19H15F3N4O3S. The number of carbonyl (C=O) groups excluding carboxylic acids is 1. The molecule has 0 spiro atoms. The van der Waals surface area contributed by atoms with E-state index in [0.717, 1.165) is 4.31 Å². The van der Waals surface area contributed by atoms with E-state index in [0.29, 0.717) is 23.2 Å². The van der Waals surface area contributed by atoms with Crippen LogP contribution in [-0.4, -0.2) is 59.7 Å². The zero-order valence-electron chi connectivity index (χ0n) is 15.4. The highest BCUT2D eigenvalue weighted by Gasteiger charge is 2.34. The molecule has 4 rings (SSSR count). The van der Waals surface area contributed by atoms with Crippen molar-refractivity contribution < 1.29 is 26.4 Å². The van der Waals surface area contributed by atoms with Gasteiger partial charge in [-0.2, -0.15) is 4.31 Å². The lowest BCUT2D eigenvalue weighted by Crippen LogP contribution is -2.50. The van der Waals surface area contributed by atoms with Crippen LogP contribution in [0.4, 0.5) is 13.2 Å². The van der Waals surface area contributed by atoms with Crippen LogP contribution in [0.1, 0.15) is 10.5 Å².